The monoisotopic (exact) mass is 421 g/mol. The van der Waals surface area contributed by atoms with Gasteiger partial charge in [-0.15, -0.1) is 24.0 Å². The first-order valence-corrected chi connectivity index (χ1v) is 7.20. The fourth-order valence-corrected chi connectivity index (χ4v) is 2.14. The van der Waals surface area contributed by atoms with Gasteiger partial charge in [-0.05, 0) is 31.9 Å². The second-order valence-electron chi connectivity index (χ2n) is 5.07. The molecule has 0 saturated heterocycles. The van der Waals surface area contributed by atoms with Crippen LogP contribution in [0.5, 0.6) is 5.75 Å². The molecule has 0 amide bonds. The van der Waals surface area contributed by atoms with Crippen molar-refractivity contribution in [3.05, 3.63) is 29.3 Å². The Labute approximate surface area is 150 Å². The van der Waals surface area contributed by atoms with Gasteiger partial charge in [-0.25, -0.2) is 0 Å². The Morgan fingerprint density at radius 2 is 2.05 bits per heavy atom. The summed E-state index contributed by atoms with van der Waals surface area (Å²) in [5, 5.41) is 6.58. The molecular formula is C16H28IN3O2. The molecule has 0 aliphatic rings. The first-order valence-electron chi connectivity index (χ1n) is 7.20. The number of halogens is 1. The van der Waals surface area contributed by atoms with E-state index in [-0.39, 0.29) is 30.0 Å². The van der Waals surface area contributed by atoms with E-state index >= 15 is 0 Å². The highest BCUT2D eigenvalue weighted by molar-refractivity contribution is 14.0. The van der Waals surface area contributed by atoms with Crippen molar-refractivity contribution in [2.24, 2.45) is 4.99 Å². The van der Waals surface area contributed by atoms with Crippen LogP contribution >= 0.6 is 24.0 Å². The quantitative estimate of drug-likeness (QED) is 0.403. The number of nitrogens with zero attached hydrogens (tertiary/aromatic N) is 1. The van der Waals surface area contributed by atoms with Crippen molar-refractivity contribution in [2.75, 3.05) is 34.4 Å². The summed E-state index contributed by atoms with van der Waals surface area (Å²) in [6.45, 7) is 5.58. The van der Waals surface area contributed by atoms with E-state index in [2.05, 4.69) is 41.6 Å². The van der Waals surface area contributed by atoms with E-state index < -0.39 is 0 Å². The molecule has 126 valence electrons. The van der Waals surface area contributed by atoms with Crippen LogP contribution < -0.4 is 15.4 Å². The number of aliphatic imine (C=N–C) groups is 1. The molecule has 1 unspecified atom stereocenters. The van der Waals surface area contributed by atoms with Crippen LogP contribution in [0.3, 0.4) is 0 Å². The molecule has 2 N–H and O–H groups in total. The Kier molecular flexibility index (Phi) is 11.0. The molecule has 1 rings (SSSR count). The van der Waals surface area contributed by atoms with E-state index in [0.29, 0.717) is 6.61 Å². The predicted molar refractivity (Wildman–Crippen MR) is 103 cm³/mol. The van der Waals surface area contributed by atoms with Gasteiger partial charge in [0.05, 0.1) is 13.7 Å². The molecule has 0 radical (unpaired) electrons. The Morgan fingerprint density at radius 1 is 1.32 bits per heavy atom. The Morgan fingerprint density at radius 3 is 2.64 bits per heavy atom. The van der Waals surface area contributed by atoms with Gasteiger partial charge in [-0.3, -0.25) is 4.99 Å². The summed E-state index contributed by atoms with van der Waals surface area (Å²) >= 11 is 0. The summed E-state index contributed by atoms with van der Waals surface area (Å²) in [6.07, 6.45) is 0.879. The summed E-state index contributed by atoms with van der Waals surface area (Å²) in [5.74, 6) is 1.71. The van der Waals surface area contributed by atoms with Crippen molar-refractivity contribution in [3.8, 4) is 5.75 Å². The third kappa shape index (κ3) is 7.31. The van der Waals surface area contributed by atoms with Crippen molar-refractivity contribution >= 4 is 29.9 Å². The van der Waals surface area contributed by atoms with Gasteiger partial charge >= 0.3 is 0 Å². The highest BCUT2D eigenvalue weighted by Crippen LogP contribution is 2.19. The number of nitrogens with one attached hydrogen (secondary N) is 2. The standard InChI is InChI=1S/C16H27N3O2.HI/c1-12-6-7-15(21-5)14(10-12)8-9-18-16(17-3)19-13(2)11-20-4;/h6-7,10,13H,8-9,11H2,1-5H3,(H2,17,18,19);1H. The van der Waals surface area contributed by atoms with E-state index in [0.717, 1.165) is 24.7 Å². The number of rotatable bonds is 7. The number of ether oxygens (including phenoxy) is 2. The molecular weight excluding hydrogens is 393 g/mol. The molecule has 1 atom stereocenters. The summed E-state index contributed by atoms with van der Waals surface area (Å²) in [7, 11) is 5.16. The zero-order valence-corrected chi connectivity index (χ0v) is 16.4. The van der Waals surface area contributed by atoms with Gasteiger partial charge in [0, 0.05) is 26.7 Å². The highest BCUT2D eigenvalue weighted by Gasteiger charge is 2.06. The number of aryl methyl sites for hydroxylation is 1. The van der Waals surface area contributed by atoms with Crippen molar-refractivity contribution in [2.45, 2.75) is 26.3 Å². The maximum Gasteiger partial charge on any atom is 0.191 e. The van der Waals surface area contributed by atoms with E-state index in [1.807, 2.05) is 6.07 Å². The minimum atomic E-state index is 0. The fraction of sp³-hybridized carbons (Fsp3) is 0.562. The average Bonchev–Trinajstić information content (AvgIpc) is 2.46. The van der Waals surface area contributed by atoms with Crippen LogP contribution in [0.15, 0.2) is 23.2 Å². The van der Waals surface area contributed by atoms with Crippen LogP contribution in [0.2, 0.25) is 0 Å². The van der Waals surface area contributed by atoms with E-state index in [9.17, 15) is 0 Å². The normalized spacial score (nSPS) is 12.3. The van der Waals surface area contributed by atoms with E-state index in [1.165, 1.54) is 11.1 Å². The second kappa shape index (κ2) is 11.5. The second-order valence-corrected chi connectivity index (χ2v) is 5.07. The van der Waals surface area contributed by atoms with Gasteiger partial charge in [0.15, 0.2) is 5.96 Å². The lowest BCUT2D eigenvalue weighted by Crippen LogP contribution is -2.44. The maximum absolute atomic E-state index is 5.39. The Balaban J connectivity index is 0.00000441. The predicted octanol–water partition coefficient (Wildman–Crippen LogP) is 2.36. The largest absolute Gasteiger partial charge is 0.496 e. The number of hydrogen-bond acceptors (Lipinski definition) is 3. The molecule has 0 spiro atoms. The van der Waals surface area contributed by atoms with Crippen LogP contribution in [0, 0.1) is 6.92 Å². The number of hydrogen-bond donors (Lipinski definition) is 2. The lowest BCUT2D eigenvalue weighted by molar-refractivity contribution is 0.179. The van der Waals surface area contributed by atoms with Crippen LogP contribution in [0.25, 0.3) is 0 Å². The zero-order chi connectivity index (χ0) is 15.7. The molecule has 5 nitrogen and oxygen atoms in total. The average molecular weight is 421 g/mol. The number of benzene rings is 1. The summed E-state index contributed by atoms with van der Waals surface area (Å²) in [4.78, 5) is 4.21. The number of guanidine groups is 1. The summed E-state index contributed by atoms with van der Waals surface area (Å²) < 4.78 is 10.5. The van der Waals surface area contributed by atoms with Crippen molar-refractivity contribution in [3.63, 3.8) is 0 Å². The molecule has 0 heterocycles. The van der Waals surface area contributed by atoms with Crippen molar-refractivity contribution in [1.29, 1.82) is 0 Å². The summed E-state index contributed by atoms with van der Waals surface area (Å²) in [6, 6.07) is 6.44. The minimum Gasteiger partial charge on any atom is -0.496 e. The first-order chi connectivity index (χ1) is 10.1. The van der Waals surface area contributed by atoms with Crippen molar-refractivity contribution < 1.29 is 9.47 Å². The lowest BCUT2D eigenvalue weighted by Gasteiger charge is -2.17. The molecule has 1 aromatic rings. The Hall–Kier alpha value is -1.02. The smallest absolute Gasteiger partial charge is 0.191 e. The molecule has 0 bridgehead atoms. The van der Waals surface area contributed by atoms with E-state index in [1.54, 1.807) is 21.3 Å². The summed E-state index contributed by atoms with van der Waals surface area (Å²) in [5.41, 5.74) is 2.44. The molecule has 0 saturated carbocycles. The zero-order valence-electron chi connectivity index (χ0n) is 14.1. The van der Waals surface area contributed by atoms with Gasteiger partial charge < -0.3 is 20.1 Å². The number of methoxy groups -OCH3 is 2. The minimum absolute atomic E-state index is 0. The van der Waals surface area contributed by atoms with Gasteiger partial charge in [0.1, 0.15) is 5.75 Å². The molecule has 0 aliphatic carbocycles. The van der Waals surface area contributed by atoms with Crippen LogP contribution in [0.4, 0.5) is 0 Å². The molecule has 0 fully saturated rings. The fourth-order valence-electron chi connectivity index (χ4n) is 2.14. The topological polar surface area (TPSA) is 54.9 Å². The third-order valence-electron chi connectivity index (χ3n) is 3.15. The van der Waals surface area contributed by atoms with Crippen molar-refractivity contribution in [1.82, 2.24) is 10.6 Å². The molecule has 6 heteroatoms. The SMILES string of the molecule is CN=C(NCCc1cc(C)ccc1OC)NC(C)COC.I. The van der Waals surface area contributed by atoms with Gasteiger partial charge in [-0.1, -0.05) is 17.7 Å². The molecule has 22 heavy (non-hydrogen) atoms. The van der Waals surface area contributed by atoms with Crippen LogP contribution in [0.1, 0.15) is 18.1 Å². The molecule has 0 aromatic heterocycles. The van der Waals surface area contributed by atoms with Gasteiger partial charge in [0.2, 0.25) is 0 Å². The lowest BCUT2D eigenvalue weighted by atomic mass is 10.1. The van der Waals surface area contributed by atoms with E-state index in [4.69, 9.17) is 9.47 Å². The Bertz CT molecular complexity index is 467. The first kappa shape index (κ1) is 21.0. The van der Waals surface area contributed by atoms with Gasteiger partial charge in [0.25, 0.3) is 0 Å². The van der Waals surface area contributed by atoms with Crippen LogP contribution in [-0.4, -0.2) is 46.4 Å². The molecule has 1 aromatic carbocycles. The maximum atomic E-state index is 5.39. The highest BCUT2D eigenvalue weighted by atomic mass is 127. The molecule has 0 aliphatic heterocycles. The van der Waals surface area contributed by atoms with Gasteiger partial charge in [-0.2, -0.15) is 0 Å². The van der Waals surface area contributed by atoms with Crippen LogP contribution in [-0.2, 0) is 11.2 Å². The third-order valence-corrected chi connectivity index (χ3v) is 3.15.